The Labute approximate surface area is 127 Å². The van der Waals surface area contributed by atoms with Crippen molar-refractivity contribution in [2.45, 2.75) is 0 Å². The number of fused-ring (bicyclic) bond motifs is 1. The van der Waals surface area contributed by atoms with Crippen molar-refractivity contribution in [2.24, 2.45) is 0 Å². The average Bonchev–Trinajstić information content (AvgIpc) is 2.67. The fourth-order valence-corrected chi connectivity index (χ4v) is 2.81. The van der Waals surface area contributed by atoms with Gasteiger partial charge in [0.25, 0.3) is 0 Å². The van der Waals surface area contributed by atoms with Gasteiger partial charge in [0.05, 0.1) is 16.7 Å². The molecule has 6 heteroatoms. The summed E-state index contributed by atoms with van der Waals surface area (Å²) in [6.07, 6.45) is 0. The van der Waals surface area contributed by atoms with Gasteiger partial charge in [-0.1, -0.05) is 27.5 Å². The highest BCUT2D eigenvalue weighted by Crippen LogP contribution is 2.26. The zero-order valence-electron chi connectivity index (χ0n) is 9.45. The number of aromatic nitrogens is 2. The largest absolute Gasteiger partial charge is 0.330 e. The van der Waals surface area contributed by atoms with E-state index in [4.69, 9.17) is 23.8 Å². The van der Waals surface area contributed by atoms with E-state index < -0.39 is 0 Å². The lowest BCUT2D eigenvalue weighted by molar-refractivity contribution is 0.619. The van der Waals surface area contributed by atoms with Gasteiger partial charge in [-0.2, -0.15) is 0 Å². The van der Waals surface area contributed by atoms with Gasteiger partial charge in [0.2, 0.25) is 0 Å². The summed E-state index contributed by atoms with van der Waals surface area (Å²) < 4.78 is 17.0. The van der Waals surface area contributed by atoms with Crippen LogP contribution in [0.25, 0.3) is 16.7 Å². The molecule has 0 aliphatic heterocycles. The molecule has 2 nitrogen and oxygen atoms in total. The third-order valence-corrected chi connectivity index (χ3v) is 3.81. The normalized spacial score (nSPS) is 11.1. The summed E-state index contributed by atoms with van der Waals surface area (Å²) in [6, 6.07) is 10.0. The molecule has 96 valence electrons. The molecule has 0 aliphatic carbocycles. The first-order valence-electron chi connectivity index (χ1n) is 5.42. The molecular weight excluding hydrogens is 351 g/mol. The molecular formula is C13H7BrClFN2S. The summed E-state index contributed by atoms with van der Waals surface area (Å²) in [5, 5.41) is 0.463. The molecule has 0 saturated heterocycles. The maximum Gasteiger partial charge on any atom is 0.182 e. The molecule has 2 aromatic carbocycles. The molecule has 0 radical (unpaired) electrons. The van der Waals surface area contributed by atoms with E-state index in [1.807, 2.05) is 18.2 Å². The Hall–Kier alpha value is -1.17. The second-order valence-corrected chi connectivity index (χ2v) is 5.76. The molecule has 0 aliphatic rings. The molecule has 3 aromatic rings. The van der Waals surface area contributed by atoms with Crippen molar-refractivity contribution in [1.29, 1.82) is 0 Å². The minimum Gasteiger partial charge on any atom is -0.330 e. The van der Waals surface area contributed by atoms with Crippen LogP contribution in [0.3, 0.4) is 0 Å². The quantitative estimate of drug-likeness (QED) is 0.590. The third-order valence-electron chi connectivity index (χ3n) is 2.79. The summed E-state index contributed by atoms with van der Waals surface area (Å²) >= 11 is 14.6. The van der Waals surface area contributed by atoms with Crippen LogP contribution in [0.15, 0.2) is 40.9 Å². The van der Waals surface area contributed by atoms with Gasteiger partial charge >= 0.3 is 0 Å². The highest BCUT2D eigenvalue weighted by Gasteiger charge is 2.11. The standard InChI is InChI=1S/C13H7BrClFN2S/c14-7-1-4-11-10(5-7)17-13(19)18(11)12-6-8(15)2-3-9(12)16/h1-6H,(H,17,19). The van der Waals surface area contributed by atoms with Crippen LogP contribution < -0.4 is 0 Å². The molecule has 0 unspecified atom stereocenters. The van der Waals surface area contributed by atoms with Crippen LogP contribution in [-0.2, 0) is 0 Å². The van der Waals surface area contributed by atoms with Crippen molar-refractivity contribution in [2.75, 3.05) is 0 Å². The van der Waals surface area contributed by atoms with E-state index in [1.165, 1.54) is 12.1 Å². The second-order valence-electron chi connectivity index (χ2n) is 4.02. The molecule has 0 amide bonds. The van der Waals surface area contributed by atoms with Crippen molar-refractivity contribution < 1.29 is 4.39 Å². The number of nitrogens with zero attached hydrogens (tertiary/aromatic N) is 1. The van der Waals surface area contributed by atoms with E-state index >= 15 is 0 Å². The minimum absolute atomic E-state index is 0.339. The predicted molar refractivity (Wildman–Crippen MR) is 81.1 cm³/mol. The van der Waals surface area contributed by atoms with Gasteiger partial charge in [0.1, 0.15) is 5.82 Å². The molecule has 0 atom stereocenters. The first kappa shape index (κ1) is 12.8. The van der Waals surface area contributed by atoms with Gasteiger partial charge in [0, 0.05) is 9.50 Å². The van der Waals surface area contributed by atoms with Crippen LogP contribution in [0.4, 0.5) is 4.39 Å². The van der Waals surface area contributed by atoms with E-state index in [-0.39, 0.29) is 5.82 Å². The fourth-order valence-electron chi connectivity index (χ4n) is 1.98. The Morgan fingerprint density at radius 3 is 2.79 bits per heavy atom. The number of aromatic amines is 1. The summed E-state index contributed by atoms with van der Waals surface area (Å²) in [5.41, 5.74) is 1.97. The topological polar surface area (TPSA) is 20.7 Å². The molecule has 3 rings (SSSR count). The van der Waals surface area contributed by atoms with Gasteiger partial charge in [-0.3, -0.25) is 4.57 Å². The highest BCUT2D eigenvalue weighted by atomic mass is 79.9. The number of nitrogens with one attached hydrogen (secondary N) is 1. The monoisotopic (exact) mass is 356 g/mol. The molecule has 0 saturated carbocycles. The van der Waals surface area contributed by atoms with E-state index in [0.29, 0.717) is 15.5 Å². The SMILES string of the molecule is Fc1ccc(Cl)cc1-n1c(=S)[nH]c2cc(Br)ccc21. The highest BCUT2D eigenvalue weighted by molar-refractivity contribution is 9.10. The number of hydrogen-bond acceptors (Lipinski definition) is 1. The van der Waals surface area contributed by atoms with E-state index in [1.54, 1.807) is 10.6 Å². The average molecular weight is 358 g/mol. The first-order chi connectivity index (χ1) is 9.06. The van der Waals surface area contributed by atoms with Crippen LogP contribution >= 0.6 is 39.7 Å². The van der Waals surface area contributed by atoms with Crippen molar-refractivity contribution >= 4 is 50.8 Å². The summed E-state index contributed by atoms with van der Waals surface area (Å²) in [7, 11) is 0. The lowest BCUT2D eigenvalue weighted by Gasteiger charge is -2.06. The molecule has 1 N–H and O–H groups in total. The van der Waals surface area contributed by atoms with Crippen LogP contribution in [0, 0.1) is 10.6 Å². The second kappa shape index (κ2) is 4.74. The van der Waals surface area contributed by atoms with E-state index in [2.05, 4.69) is 20.9 Å². The Morgan fingerprint density at radius 1 is 1.21 bits per heavy atom. The lowest BCUT2D eigenvalue weighted by Crippen LogP contribution is -1.97. The number of H-pyrrole nitrogens is 1. The molecule has 0 bridgehead atoms. The maximum atomic E-state index is 14.0. The van der Waals surface area contributed by atoms with Crippen LogP contribution in [0.5, 0.6) is 0 Å². The van der Waals surface area contributed by atoms with Gasteiger partial charge in [-0.25, -0.2) is 4.39 Å². The Kier molecular flexibility index (Phi) is 3.20. The number of hydrogen-bond donors (Lipinski definition) is 1. The zero-order chi connectivity index (χ0) is 13.6. The van der Waals surface area contributed by atoms with E-state index in [0.717, 1.165) is 15.5 Å². The van der Waals surface area contributed by atoms with Crippen molar-refractivity contribution in [3.05, 3.63) is 56.5 Å². The van der Waals surface area contributed by atoms with Gasteiger partial charge in [0.15, 0.2) is 4.77 Å². The van der Waals surface area contributed by atoms with E-state index in [9.17, 15) is 4.39 Å². The number of rotatable bonds is 1. The number of halogens is 3. The molecule has 19 heavy (non-hydrogen) atoms. The maximum absolute atomic E-state index is 14.0. The summed E-state index contributed by atoms with van der Waals surface area (Å²) in [6.45, 7) is 0. The minimum atomic E-state index is -0.371. The lowest BCUT2D eigenvalue weighted by atomic mass is 10.2. The summed E-state index contributed by atoms with van der Waals surface area (Å²) in [4.78, 5) is 3.05. The Balaban J connectivity index is 2.39. The third kappa shape index (κ3) is 2.22. The number of benzene rings is 2. The first-order valence-corrected chi connectivity index (χ1v) is 7.00. The van der Waals surface area contributed by atoms with Crippen LogP contribution in [0.1, 0.15) is 0 Å². The zero-order valence-corrected chi connectivity index (χ0v) is 12.6. The predicted octanol–water partition coefficient (Wildman–Crippen LogP) is 5.24. The van der Waals surface area contributed by atoms with Gasteiger partial charge in [-0.05, 0) is 48.6 Å². The number of imidazole rings is 1. The Bertz CT molecular complexity index is 840. The van der Waals surface area contributed by atoms with Gasteiger partial charge < -0.3 is 4.98 Å². The van der Waals surface area contributed by atoms with Crippen LogP contribution in [0.2, 0.25) is 5.02 Å². The van der Waals surface area contributed by atoms with Gasteiger partial charge in [-0.15, -0.1) is 0 Å². The molecule has 1 heterocycles. The van der Waals surface area contributed by atoms with Crippen LogP contribution in [-0.4, -0.2) is 9.55 Å². The van der Waals surface area contributed by atoms with Crippen molar-refractivity contribution in [3.63, 3.8) is 0 Å². The smallest absolute Gasteiger partial charge is 0.182 e. The molecule has 1 aromatic heterocycles. The molecule has 0 fully saturated rings. The molecule has 0 spiro atoms. The Morgan fingerprint density at radius 2 is 2.00 bits per heavy atom. The van der Waals surface area contributed by atoms with Crippen molar-refractivity contribution in [1.82, 2.24) is 9.55 Å². The summed E-state index contributed by atoms with van der Waals surface area (Å²) in [5.74, 6) is -0.371. The fraction of sp³-hybridized carbons (Fsp3) is 0. The van der Waals surface area contributed by atoms with Crippen molar-refractivity contribution in [3.8, 4) is 5.69 Å².